The Bertz CT molecular complexity index is 237. The van der Waals surface area contributed by atoms with Crippen LogP contribution in [0.2, 0.25) is 0 Å². The van der Waals surface area contributed by atoms with Crippen molar-refractivity contribution >= 4 is 7.37 Å². The van der Waals surface area contributed by atoms with Crippen LogP contribution in [0.4, 0.5) is 0 Å². The molecule has 0 spiro atoms. The second kappa shape index (κ2) is 13.8. The van der Waals surface area contributed by atoms with E-state index in [0.717, 1.165) is 51.4 Å². The maximum absolute atomic E-state index is 12.3. The standard InChI is InChI=1S/C16H35O2P.Na/c1-5-9-11-15(7-3)13-19(17,18)14-16(8-4)12-10-6-2;/h15-16H,5-14H2,1-4H3,(H,17,18);/q;+1/p-1. The average Bonchev–Trinajstić information content (AvgIpc) is 2.39. The number of unbranched alkanes of at least 4 members (excludes halogenated alkanes) is 2. The second-order valence-corrected chi connectivity index (χ2v) is 8.37. The third-order valence-corrected chi connectivity index (χ3v) is 6.30. The summed E-state index contributed by atoms with van der Waals surface area (Å²) in [7, 11) is -3.17. The Hall–Kier alpha value is 1.19. The predicted octanol–water partition coefficient (Wildman–Crippen LogP) is 2.06. The topological polar surface area (TPSA) is 40.1 Å². The van der Waals surface area contributed by atoms with E-state index in [2.05, 4.69) is 27.7 Å². The van der Waals surface area contributed by atoms with E-state index < -0.39 is 7.37 Å². The summed E-state index contributed by atoms with van der Waals surface area (Å²) in [5, 5.41) is 0. The fourth-order valence-corrected chi connectivity index (χ4v) is 5.30. The van der Waals surface area contributed by atoms with Crippen molar-refractivity contribution in [3.05, 3.63) is 0 Å². The van der Waals surface area contributed by atoms with Gasteiger partial charge in [-0.3, -0.25) is 0 Å². The molecule has 0 N–H and O–H groups in total. The van der Waals surface area contributed by atoms with Gasteiger partial charge in [0.05, 0.1) is 0 Å². The molecule has 0 rings (SSSR count). The minimum Gasteiger partial charge on any atom is -0.799 e. The van der Waals surface area contributed by atoms with Crippen molar-refractivity contribution in [3.63, 3.8) is 0 Å². The summed E-state index contributed by atoms with van der Waals surface area (Å²) >= 11 is 0. The van der Waals surface area contributed by atoms with Gasteiger partial charge in [0.15, 0.2) is 0 Å². The summed E-state index contributed by atoms with van der Waals surface area (Å²) in [6.07, 6.45) is 9.66. The average molecular weight is 312 g/mol. The van der Waals surface area contributed by atoms with Crippen molar-refractivity contribution in [2.75, 3.05) is 12.3 Å². The Kier molecular flexibility index (Phi) is 16.2. The van der Waals surface area contributed by atoms with Crippen LogP contribution >= 0.6 is 7.37 Å². The van der Waals surface area contributed by atoms with E-state index in [-0.39, 0.29) is 29.6 Å². The molecule has 0 saturated carbocycles. The third kappa shape index (κ3) is 11.8. The molecule has 0 aliphatic heterocycles. The molecule has 2 nitrogen and oxygen atoms in total. The predicted molar refractivity (Wildman–Crippen MR) is 84.0 cm³/mol. The largest absolute Gasteiger partial charge is 1.00 e. The zero-order chi connectivity index (χ0) is 14.7. The smallest absolute Gasteiger partial charge is 0.799 e. The molecule has 0 aliphatic rings. The number of hydrogen-bond donors (Lipinski definition) is 0. The summed E-state index contributed by atoms with van der Waals surface area (Å²) in [4.78, 5) is 12.3. The molecule has 0 saturated heterocycles. The van der Waals surface area contributed by atoms with Gasteiger partial charge in [-0.2, -0.15) is 0 Å². The van der Waals surface area contributed by atoms with Gasteiger partial charge < -0.3 is 9.46 Å². The first-order valence-corrected chi connectivity index (χ1v) is 10.3. The van der Waals surface area contributed by atoms with Crippen molar-refractivity contribution in [1.29, 1.82) is 0 Å². The molecule has 4 heteroatoms. The van der Waals surface area contributed by atoms with E-state index >= 15 is 0 Å². The Labute approximate surface area is 149 Å². The molecule has 0 heterocycles. The van der Waals surface area contributed by atoms with Crippen LogP contribution in [0, 0.1) is 11.8 Å². The van der Waals surface area contributed by atoms with Gasteiger partial charge in [0.2, 0.25) is 0 Å². The van der Waals surface area contributed by atoms with E-state index in [9.17, 15) is 9.46 Å². The maximum atomic E-state index is 12.3. The summed E-state index contributed by atoms with van der Waals surface area (Å²) in [6.45, 7) is 8.58. The molecule has 0 fully saturated rings. The summed E-state index contributed by atoms with van der Waals surface area (Å²) in [5.74, 6) is 0.763. The van der Waals surface area contributed by atoms with Crippen molar-refractivity contribution in [2.45, 2.75) is 79.1 Å². The summed E-state index contributed by atoms with van der Waals surface area (Å²) < 4.78 is 12.3. The summed E-state index contributed by atoms with van der Waals surface area (Å²) in [5.41, 5.74) is 0. The van der Waals surface area contributed by atoms with Gasteiger partial charge in [0.25, 0.3) is 0 Å². The van der Waals surface area contributed by atoms with Crippen molar-refractivity contribution in [3.8, 4) is 0 Å². The van der Waals surface area contributed by atoms with Gasteiger partial charge in [-0.15, -0.1) is 0 Å². The molecule has 0 aliphatic carbocycles. The molecule has 0 radical (unpaired) electrons. The molecule has 0 aromatic heterocycles. The third-order valence-electron chi connectivity index (χ3n) is 4.16. The Morgan fingerprint density at radius 3 is 1.45 bits per heavy atom. The fraction of sp³-hybridized carbons (Fsp3) is 1.00. The minimum atomic E-state index is -3.17. The van der Waals surface area contributed by atoms with E-state index in [0.29, 0.717) is 24.2 Å². The molecular weight excluding hydrogens is 278 g/mol. The Balaban J connectivity index is 0. The second-order valence-electron chi connectivity index (χ2n) is 6.01. The van der Waals surface area contributed by atoms with Crippen LogP contribution in [0.15, 0.2) is 0 Å². The zero-order valence-electron chi connectivity index (χ0n) is 14.5. The van der Waals surface area contributed by atoms with Gasteiger partial charge in [-0.05, 0) is 24.2 Å². The van der Waals surface area contributed by atoms with Gasteiger partial charge in [0, 0.05) is 7.37 Å². The Morgan fingerprint density at radius 2 is 1.20 bits per heavy atom. The van der Waals surface area contributed by atoms with Gasteiger partial charge in [-0.1, -0.05) is 79.1 Å². The van der Waals surface area contributed by atoms with Crippen LogP contribution < -0.4 is 34.5 Å². The van der Waals surface area contributed by atoms with Gasteiger partial charge in [0.1, 0.15) is 0 Å². The van der Waals surface area contributed by atoms with E-state index in [1.54, 1.807) is 0 Å². The molecule has 2 atom stereocenters. The van der Waals surface area contributed by atoms with Crippen LogP contribution in [0.3, 0.4) is 0 Å². The van der Waals surface area contributed by atoms with Crippen LogP contribution in [-0.2, 0) is 4.57 Å². The number of rotatable bonds is 12. The SMILES string of the molecule is CCCCC(CC)CP(=O)([O-])CC(CC)CCCC.[Na+]. The molecule has 0 aromatic carbocycles. The summed E-state index contributed by atoms with van der Waals surface area (Å²) in [6, 6.07) is 0. The van der Waals surface area contributed by atoms with Crippen LogP contribution in [-0.4, -0.2) is 12.3 Å². The Morgan fingerprint density at radius 1 is 0.850 bits per heavy atom. The van der Waals surface area contributed by atoms with Gasteiger partial charge >= 0.3 is 29.6 Å². The first-order chi connectivity index (χ1) is 8.99. The van der Waals surface area contributed by atoms with Crippen LogP contribution in [0.1, 0.15) is 79.1 Å². The van der Waals surface area contributed by atoms with E-state index in [1.807, 2.05) is 0 Å². The maximum Gasteiger partial charge on any atom is 1.00 e. The van der Waals surface area contributed by atoms with Crippen molar-refractivity contribution in [2.24, 2.45) is 11.8 Å². The minimum absolute atomic E-state index is 0. The molecule has 116 valence electrons. The fourth-order valence-electron chi connectivity index (χ4n) is 2.70. The van der Waals surface area contributed by atoms with Crippen LogP contribution in [0.25, 0.3) is 0 Å². The van der Waals surface area contributed by atoms with Crippen molar-refractivity contribution < 1.29 is 39.0 Å². The quantitative estimate of drug-likeness (QED) is 0.409. The first-order valence-electron chi connectivity index (χ1n) is 8.28. The molecule has 0 amide bonds. The zero-order valence-corrected chi connectivity index (χ0v) is 17.4. The molecule has 2 unspecified atom stereocenters. The monoisotopic (exact) mass is 312 g/mol. The van der Waals surface area contributed by atoms with Gasteiger partial charge in [-0.25, -0.2) is 0 Å². The first kappa shape index (κ1) is 23.5. The molecule has 0 aromatic rings. The molecule has 20 heavy (non-hydrogen) atoms. The normalized spacial score (nSPS) is 17.1. The number of hydrogen-bond acceptors (Lipinski definition) is 2. The molecular formula is C16H34NaO2P. The van der Waals surface area contributed by atoms with Crippen LogP contribution in [0.5, 0.6) is 0 Å². The molecule has 0 bridgehead atoms. The van der Waals surface area contributed by atoms with Crippen molar-refractivity contribution in [1.82, 2.24) is 0 Å². The van der Waals surface area contributed by atoms with E-state index in [4.69, 9.17) is 0 Å². The van der Waals surface area contributed by atoms with E-state index in [1.165, 1.54) is 0 Å².